The van der Waals surface area contributed by atoms with Crippen molar-refractivity contribution in [3.05, 3.63) is 69.9 Å². The summed E-state index contributed by atoms with van der Waals surface area (Å²) in [7, 11) is 0. The van der Waals surface area contributed by atoms with Crippen molar-refractivity contribution in [1.82, 2.24) is 0 Å². The largest absolute Gasteiger partial charge is 0.280 e. The Balaban J connectivity index is 2.45. The van der Waals surface area contributed by atoms with Gasteiger partial charge in [0, 0.05) is 18.7 Å². The molecule has 2 aromatic rings. The molecule has 0 atom stereocenters. The van der Waals surface area contributed by atoms with Gasteiger partial charge in [0.05, 0.1) is 0 Å². The van der Waals surface area contributed by atoms with Crippen molar-refractivity contribution in [2.24, 2.45) is 4.99 Å². The normalized spacial score (nSPS) is 12.7. The Kier molecular flexibility index (Phi) is 6.36. The molecule has 0 aromatic heterocycles. The summed E-state index contributed by atoms with van der Waals surface area (Å²) >= 11 is 0. The Hall–Kier alpha value is -2.89. The van der Waals surface area contributed by atoms with E-state index in [2.05, 4.69) is 4.99 Å². The van der Waals surface area contributed by atoms with E-state index in [-0.39, 0.29) is 5.70 Å². The lowest BCUT2D eigenvalue weighted by atomic mass is 10.2. The highest BCUT2D eigenvalue weighted by atomic mass is 19.2. The van der Waals surface area contributed by atoms with Gasteiger partial charge in [-0.3, -0.25) is 5.32 Å². The first-order valence-corrected chi connectivity index (χ1v) is 7.49. The van der Waals surface area contributed by atoms with Gasteiger partial charge in [-0.05, 0) is 6.92 Å². The van der Waals surface area contributed by atoms with Crippen LogP contribution in [0, 0.1) is 58.2 Å². The number of quaternary nitrogens is 1. The zero-order chi connectivity index (χ0) is 22.2. The van der Waals surface area contributed by atoms with Crippen molar-refractivity contribution in [3.63, 3.8) is 0 Å². The highest BCUT2D eigenvalue weighted by Gasteiger charge is 2.29. The Labute approximate surface area is 156 Å². The lowest BCUT2D eigenvalue weighted by molar-refractivity contribution is -0.521. The molecule has 0 amide bonds. The van der Waals surface area contributed by atoms with E-state index in [1.54, 1.807) is 0 Å². The zero-order valence-corrected chi connectivity index (χ0v) is 14.4. The number of nitrogens with zero attached hydrogens (tertiary/aromatic N) is 1. The van der Waals surface area contributed by atoms with E-state index in [0.717, 1.165) is 19.9 Å². The summed E-state index contributed by atoms with van der Waals surface area (Å²) in [6.45, 7) is 2.14. The molecule has 2 aromatic carbocycles. The Morgan fingerprint density at radius 2 is 0.931 bits per heavy atom. The molecule has 0 radical (unpaired) electrons. The van der Waals surface area contributed by atoms with E-state index in [9.17, 15) is 43.9 Å². The molecule has 156 valence electrons. The van der Waals surface area contributed by atoms with Crippen LogP contribution in [-0.2, 0) is 0 Å². The third-order valence-electron chi connectivity index (χ3n) is 3.53. The van der Waals surface area contributed by atoms with E-state index in [1.165, 1.54) is 0 Å². The Bertz CT molecular complexity index is 1000. The average molecular weight is 431 g/mol. The quantitative estimate of drug-likeness (QED) is 0.233. The molecule has 0 unspecified atom stereocenters. The summed E-state index contributed by atoms with van der Waals surface area (Å²) in [5.74, 6) is -22.2. The summed E-state index contributed by atoms with van der Waals surface area (Å²) < 4.78 is 133. The number of aliphatic imine (C=N–C) groups is 1. The first-order chi connectivity index (χ1) is 13.4. The van der Waals surface area contributed by atoms with Crippen LogP contribution in [0.4, 0.5) is 55.3 Å². The maximum Gasteiger partial charge on any atom is 0.226 e. The van der Waals surface area contributed by atoms with Crippen molar-refractivity contribution >= 4 is 17.1 Å². The fourth-order valence-electron chi connectivity index (χ4n) is 2.25. The van der Waals surface area contributed by atoms with Gasteiger partial charge in [0.25, 0.3) is 0 Å². The van der Waals surface area contributed by atoms with Gasteiger partial charge >= 0.3 is 0 Å². The minimum atomic E-state index is -2.39. The van der Waals surface area contributed by atoms with Gasteiger partial charge in [-0.15, -0.1) is 0 Å². The van der Waals surface area contributed by atoms with Crippen molar-refractivity contribution in [3.8, 4) is 0 Å². The maximum atomic E-state index is 13.7. The fraction of sp³-hybridized carbons (Fsp3) is 0.118. The smallest absolute Gasteiger partial charge is 0.226 e. The van der Waals surface area contributed by atoms with E-state index >= 15 is 0 Å². The highest BCUT2D eigenvalue weighted by Crippen LogP contribution is 2.29. The number of nitrogens with two attached hydrogens (primary N) is 1. The van der Waals surface area contributed by atoms with Gasteiger partial charge in [-0.25, -0.2) is 40.1 Å². The number of allylic oxidation sites excluding steroid dienone is 2. The van der Waals surface area contributed by atoms with Crippen molar-refractivity contribution in [1.29, 1.82) is 0 Å². The summed E-state index contributed by atoms with van der Waals surface area (Å²) in [4.78, 5) is 3.22. The first-order valence-electron chi connectivity index (χ1n) is 7.49. The van der Waals surface area contributed by atoms with Crippen LogP contribution in [0.2, 0.25) is 0 Å². The van der Waals surface area contributed by atoms with Crippen LogP contribution in [0.1, 0.15) is 13.8 Å². The molecular formula is C17H9F10N2+. The molecule has 0 heterocycles. The lowest BCUT2D eigenvalue weighted by Gasteiger charge is -2.07. The molecule has 0 aliphatic heterocycles. The summed E-state index contributed by atoms with van der Waals surface area (Å²) in [5.41, 5.74) is -3.41. The van der Waals surface area contributed by atoms with Crippen LogP contribution in [0.3, 0.4) is 0 Å². The topological polar surface area (TPSA) is 29.0 Å². The van der Waals surface area contributed by atoms with Gasteiger partial charge in [-0.2, -0.15) is 8.78 Å². The molecule has 12 heteroatoms. The number of halogens is 10. The van der Waals surface area contributed by atoms with Gasteiger partial charge in [0.2, 0.25) is 40.6 Å². The molecular weight excluding hydrogens is 422 g/mol. The molecule has 0 aliphatic carbocycles. The second kappa shape index (κ2) is 8.23. The molecule has 0 spiro atoms. The SMILES string of the molecule is CC(/C=C(/C)[NH2+]c1c(F)c(F)c(F)c(F)c1F)=Nc1c(F)c(F)c(F)c(F)c1F. The van der Waals surface area contributed by atoms with Gasteiger partial charge in [-0.1, -0.05) is 0 Å². The molecule has 0 saturated carbocycles. The highest BCUT2D eigenvalue weighted by molar-refractivity contribution is 5.95. The standard InChI is InChI=1S/C17H8F10N2/c1-4(28-16-12(24)8(20)6(18)9(21)13(16)25)3-5(2)29-17-14(26)10(22)7(19)11(23)15(17)27/h3,28H,1-2H3/p+1/b4-3-,29-5?. The van der Waals surface area contributed by atoms with Gasteiger partial charge < -0.3 is 0 Å². The third-order valence-corrected chi connectivity index (χ3v) is 3.53. The Morgan fingerprint density at radius 3 is 1.34 bits per heavy atom. The van der Waals surface area contributed by atoms with E-state index < -0.39 is 75.3 Å². The minimum Gasteiger partial charge on any atom is -0.280 e. The van der Waals surface area contributed by atoms with Crippen molar-refractivity contribution in [2.75, 3.05) is 0 Å². The number of rotatable bonds is 4. The number of hydrogen-bond acceptors (Lipinski definition) is 1. The van der Waals surface area contributed by atoms with Crippen molar-refractivity contribution in [2.45, 2.75) is 13.8 Å². The van der Waals surface area contributed by atoms with Crippen LogP contribution in [0.25, 0.3) is 0 Å². The molecule has 29 heavy (non-hydrogen) atoms. The second-order valence-electron chi connectivity index (χ2n) is 5.69. The fourth-order valence-corrected chi connectivity index (χ4v) is 2.25. The zero-order valence-electron chi connectivity index (χ0n) is 14.4. The van der Waals surface area contributed by atoms with Crippen LogP contribution >= 0.6 is 0 Å². The van der Waals surface area contributed by atoms with Gasteiger partial charge in [0.1, 0.15) is 11.4 Å². The predicted octanol–water partition coefficient (Wildman–Crippen LogP) is 4.97. The lowest BCUT2D eigenvalue weighted by Crippen LogP contribution is -2.76. The number of hydrogen-bond donors (Lipinski definition) is 1. The molecule has 2 N–H and O–H groups in total. The van der Waals surface area contributed by atoms with Crippen LogP contribution < -0.4 is 5.32 Å². The minimum absolute atomic E-state index is 0.210. The van der Waals surface area contributed by atoms with E-state index in [0.29, 0.717) is 5.32 Å². The number of benzene rings is 2. The first kappa shape index (κ1) is 22.4. The van der Waals surface area contributed by atoms with E-state index in [1.807, 2.05) is 0 Å². The maximum absolute atomic E-state index is 13.7. The van der Waals surface area contributed by atoms with Crippen LogP contribution in [-0.4, -0.2) is 5.71 Å². The molecule has 0 aliphatic rings. The van der Waals surface area contributed by atoms with Crippen LogP contribution in [0.5, 0.6) is 0 Å². The van der Waals surface area contributed by atoms with Crippen LogP contribution in [0.15, 0.2) is 16.8 Å². The monoisotopic (exact) mass is 431 g/mol. The van der Waals surface area contributed by atoms with Gasteiger partial charge in [0.15, 0.2) is 23.3 Å². The third kappa shape index (κ3) is 4.11. The Morgan fingerprint density at radius 1 is 0.586 bits per heavy atom. The van der Waals surface area contributed by atoms with Crippen molar-refractivity contribution < 1.29 is 49.2 Å². The average Bonchev–Trinajstić information content (AvgIpc) is 2.68. The molecule has 0 bridgehead atoms. The van der Waals surface area contributed by atoms with E-state index in [4.69, 9.17) is 0 Å². The summed E-state index contributed by atoms with van der Waals surface area (Å²) in [5, 5.41) is 0.522. The second-order valence-corrected chi connectivity index (χ2v) is 5.69. The molecule has 2 rings (SSSR count). The predicted molar refractivity (Wildman–Crippen MR) is 80.6 cm³/mol. The molecule has 2 nitrogen and oxygen atoms in total. The summed E-state index contributed by atoms with van der Waals surface area (Å²) in [6, 6.07) is 0. The molecule has 0 fully saturated rings. The summed E-state index contributed by atoms with van der Waals surface area (Å²) in [6.07, 6.45) is 0.857. The molecule has 0 saturated heterocycles.